The van der Waals surface area contributed by atoms with Gasteiger partial charge in [-0.05, 0) is 82.8 Å². The largest absolute Gasteiger partial charge is 0.455 e. The number of benzene rings is 5. The van der Waals surface area contributed by atoms with E-state index in [1.165, 1.54) is 0 Å². The highest BCUT2D eigenvalue weighted by Gasteiger charge is 2.14. The number of dihydropyridines is 1. The van der Waals surface area contributed by atoms with Gasteiger partial charge in [-0.1, -0.05) is 97.1 Å². The summed E-state index contributed by atoms with van der Waals surface area (Å²) in [7, 11) is 0. The molecule has 1 aliphatic rings. The quantitative estimate of drug-likeness (QED) is 0.217. The van der Waals surface area contributed by atoms with Gasteiger partial charge < -0.3 is 9.73 Å². The van der Waals surface area contributed by atoms with Crippen molar-refractivity contribution in [2.24, 2.45) is 4.99 Å². The van der Waals surface area contributed by atoms with Crippen molar-refractivity contribution in [2.45, 2.75) is 6.42 Å². The van der Waals surface area contributed by atoms with Crippen LogP contribution < -0.4 is 5.32 Å². The molecule has 2 aromatic heterocycles. The van der Waals surface area contributed by atoms with Crippen LogP contribution >= 0.6 is 0 Å². The van der Waals surface area contributed by atoms with E-state index in [2.05, 4.69) is 126 Å². The summed E-state index contributed by atoms with van der Waals surface area (Å²) in [6, 6.07) is 46.4. The van der Waals surface area contributed by atoms with Gasteiger partial charge in [0.25, 0.3) is 0 Å². The molecular formula is C40H29N3O. The monoisotopic (exact) mass is 567 g/mol. The van der Waals surface area contributed by atoms with Gasteiger partial charge in [0.1, 0.15) is 17.0 Å². The Kier molecular flexibility index (Phi) is 6.58. The highest BCUT2D eigenvalue weighted by atomic mass is 16.3. The first kappa shape index (κ1) is 25.9. The van der Waals surface area contributed by atoms with Crippen LogP contribution in [0.3, 0.4) is 0 Å². The summed E-state index contributed by atoms with van der Waals surface area (Å²) in [6.45, 7) is 0.802. The van der Waals surface area contributed by atoms with Crippen molar-refractivity contribution < 1.29 is 4.42 Å². The Morgan fingerprint density at radius 2 is 1.36 bits per heavy atom. The maximum absolute atomic E-state index is 6.57. The Labute approximate surface area is 256 Å². The van der Waals surface area contributed by atoms with Gasteiger partial charge in [0.2, 0.25) is 0 Å². The molecule has 7 aromatic rings. The molecule has 0 spiro atoms. The van der Waals surface area contributed by atoms with Crippen molar-refractivity contribution >= 4 is 39.2 Å². The highest BCUT2D eigenvalue weighted by molar-refractivity contribution is 6.10. The van der Waals surface area contributed by atoms with Gasteiger partial charge in [0, 0.05) is 28.6 Å². The molecule has 0 aliphatic carbocycles. The van der Waals surface area contributed by atoms with Crippen molar-refractivity contribution in [3.05, 3.63) is 151 Å². The third-order valence-electron chi connectivity index (χ3n) is 8.09. The van der Waals surface area contributed by atoms with Crippen molar-refractivity contribution in [2.75, 3.05) is 11.9 Å². The first-order chi connectivity index (χ1) is 21.8. The second kappa shape index (κ2) is 11.2. The Hall–Kier alpha value is -5.74. The molecule has 44 heavy (non-hydrogen) atoms. The van der Waals surface area contributed by atoms with Gasteiger partial charge in [0.05, 0.1) is 11.4 Å². The zero-order chi connectivity index (χ0) is 29.3. The van der Waals surface area contributed by atoms with E-state index in [-0.39, 0.29) is 0 Å². The Bertz CT molecular complexity index is 2190. The van der Waals surface area contributed by atoms with Crippen LogP contribution in [0.15, 0.2) is 155 Å². The van der Waals surface area contributed by atoms with E-state index in [4.69, 9.17) is 9.40 Å². The van der Waals surface area contributed by atoms with Gasteiger partial charge in [-0.15, -0.1) is 0 Å². The predicted octanol–water partition coefficient (Wildman–Crippen LogP) is 10.5. The first-order valence-corrected chi connectivity index (χ1v) is 15.0. The molecule has 0 atom stereocenters. The lowest BCUT2D eigenvalue weighted by Crippen LogP contribution is -2.06. The van der Waals surface area contributed by atoms with E-state index >= 15 is 0 Å². The molecule has 4 nitrogen and oxygen atoms in total. The molecule has 0 amide bonds. The summed E-state index contributed by atoms with van der Waals surface area (Å²) in [4.78, 5) is 9.54. The van der Waals surface area contributed by atoms with E-state index in [1.54, 1.807) is 0 Å². The lowest BCUT2D eigenvalue weighted by molar-refractivity contribution is 0.670. The molecule has 0 saturated carbocycles. The van der Waals surface area contributed by atoms with E-state index in [9.17, 15) is 0 Å². The number of fused-ring (bicyclic) bond motifs is 3. The van der Waals surface area contributed by atoms with Crippen LogP contribution in [0.2, 0.25) is 0 Å². The number of anilines is 2. The molecule has 0 bridgehead atoms. The number of nitrogens with zero attached hydrogens (tertiary/aromatic N) is 2. The Morgan fingerprint density at radius 1 is 0.591 bits per heavy atom. The summed E-state index contributed by atoms with van der Waals surface area (Å²) in [5, 5.41) is 5.81. The minimum absolute atomic E-state index is 0.779. The predicted molar refractivity (Wildman–Crippen MR) is 183 cm³/mol. The number of rotatable bonds is 6. The number of pyridine rings is 1. The second-order valence-corrected chi connectivity index (χ2v) is 11.0. The molecule has 4 heteroatoms. The lowest BCUT2D eigenvalue weighted by Gasteiger charge is -2.13. The number of furan rings is 1. The zero-order valence-corrected chi connectivity index (χ0v) is 24.1. The topological polar surface area (TPSA) is 50.4 Å². The lowest BCUT2D eigenvalue weighted by atomic mass is 9.97. The average Bonchev–Trinajstić information content (AvgIpc) is 3.48. The van der Waals surface area contributed by atoms with Crippen LogP contribution in [0.4, 0.5) is 11.5 Å². The number of allylic oxidation sites excluding steroid dienone is 1. The molecule has 210 valence electrons. The fourth-order valence-electron chi connectivity index (χ4n) is 5.96. The number of nitrogens with one attached hydrogen (secondary N) is 1. The molecule has 5 aromatic carbocycles. The molecule has 0 fully saturated rings. The Balaban J connectivity index is 1.22. The maximum atomic E-state index is 6.57. The number of aliphatic imine (C=N–C) groups is 1. The minimum atomic E-state index is 0.779. The zero-order valence-electron chi connectivity index (χ0n) is 24.1. The third-order valence-corrected chi connectivity index (χ3v) is 8.09. The normalized spacial score (nSPS) is 12.9. The molecule has 1 aliphatic heterocycles. The van der Waals surface area contributed by atoms with Crippen LogP contribution in [-0.2, 0) is 0 Å². The van der Waals surface area contributed by atoms with E-state index in [0.717, 1.165) is 91.2 Å². The molecule has 3 heterocycles. The van der Waals surface area contributed by atoms with Gasteiger partial charge >= 0.3 is 0 Å². The number of para-hydroxylation sites is 1. The molecule has 0 radical (unpaired) electrons. The summed E-state index contributed by atoms with van der Waals surface area (Å²) < 4.78 is 6.57. The van der Waals surface area contributed by atoms with Gasteiger partial charge in [-0.3, -0.25) is 4.99 Å². The molecular weight excluding hydrogens is 538 g/mol. The van der Waals surface area contributed by atoms with Crippen LogP contribution in [0.1, 0.15) is 12.1 Å². The second-order valence-electron chi connectivity index (χ2n) is 11.0. The summed E-state index contributed by atoms with van der Waals surface area (Å²) in [6.07, 6.45) is 5.19. The van der Waals surface area contributed by atoms with Crippen molar-refractivity contribution in [1.82, 2.24) is 4.98 Å². The van der Waals surface area contributed by atoms with Crippen LogP contribution in [0, 0.1) is 0 Å². The SMILES string of the molecule is C1=CC(c2cccc(Nc3cc(-c4ccccc4)cc(-c4ccc5c(c4)oc4c(-c6ccccc6)cccc45)c3)n2)=NCC1. The summed E-state index contributed by atoms with van der Waals surface area (Å²) in [5.74, 6) is 0.779. The number of aromatic nitrogens is 1. The Morgan fingerprint density at radius 3 is 2.16 bits per heavy atom. The minimum Gasteiger partial charge on any atom is -0.455 e. The van der Waals surface area contributed by atoms with E-state index < -0.39 is 0 Å². The van der Waals surface area contributed by atoms with Gasteiger partial charge in [0.15, 0.2) is 0 Å². The molecule has 1 N–H and O–H groups in total. The van der Waals surface area contributed by atoms with E-state index in [0.29, 0.717) is 0 Å². The molecule has 0 saturated heterocycles. The average molecular weight is 568 g/mol. The van der Waals surface area contributed by atoms with Crippen molar-refractivity contribution in [1.29, 1.82) is 0 Å². The first-order valence-electron chi connectivity index (χ1n) is 15.0. The summed E-state index contributed by atoms with van der Waals surface area (Å²) >= 11 is 0. The molecule has 8 rings (SSSR count). The fourth-order valence-corrected chi connectivity index (χ4v) is 5.96. The number of hydrogen-bond donors (Lipinski definition) is 1. The van der Waals surface area contributed by atoms with Crippen molar-refractivity contribution in [3.63, 3.8) is 0 Å². The van der Waals surface area contributed by atoms with Gasteiger partial charge in [-0.2, -0.15) is 0 Å². The smallest absolute Gasteiger partial charge is 0.143 e. The van der Waals surface area contributed by atoms with Gasteiger partial charge in [-0.25, -0.2) is 4.98 Å². The third kappa shape index (κ3) is 4.97. The summed E-state index contributed by atoms with van der Waals surface area (Å²) in [5.41, 5.74) is 11.2. The van der Waals surface area contributed by atoms with Crippen LogP contribution in [0.25, 0.3) is 55.3 Å². The maximum Gasteiger partial charge on any atom is 0.143 e. The van der Waals surface area contributed by atoms with Crippen molar-refractivity contribution in [3.8, 4) is 33.4 Å². The molecule has 0 unspecified atom stereocenters. The van der Waals surface area contributed by atoms with Crippen LogP contribution in [-0.4, -0.2) is 17.2 Å². The standard InChI is InChI=1S/C40H29N3O/c1-3-11-27(12-4-1)30-23-31(25-32(24-30)42-39-19-10-18-37(43-39)36-17-7-8-22-41-36)29-20-21-34-35-16-9-15-33(28-13-5-2-6-14-28)40(35)44-38(34)26-29/h1-7,9-21,23-26H,8,22H2,(H,42,43). The van der Waals surface area contributed by atoms with E-state index in [1.807, 2.05) is 30.3 Å². The van der Waals surface area contributed by atoms with Crippen LogP contribution in [0.5, 0.6) is 0 Å². The number of hydrogen-bond acceptors (Lipinski definition) is 4. The fraction of sp³-hybridized carbons (Fsp3) is 0.0500. The highest BCUT2D eigenvalue weighted by Crippen LogP contribution is 2.38.